The van der Waals surface area contributed by atoms with E-state index in [9.17, 15) is 4.79 Å². The van der Waals surface area contributed by atoms with Crippen LogP contribution in [0, 0.1) is 6.92 Å². The van der Waals surface area contributed by atoms with E-state index in [1.54, 1.807) is 17.5 Å². The van der Waals surface area contributed by atoms with E-state index in [0.717, 1.165) is 15.0 Å². The number of ketones is 1. The predicted molar refractivity (Wildman–Crippen MR) is 66.8 cm³/mol. The molecule has 2 rings (SSSR count). The van der Waals surface area contributed by atoms with Gasteiger partial charge in [0.2, 0.25) is 0 Å². The van der Waals surface area contributed by atoms with Gasteiger partial charge >= 0.3 is 0 Å². The first-order valence-corrected chi connectivity index (χ1v) is 6.38. The quantitative estimate of drug-likeness (QED) is 0.818. The number of halogens is 1. The van der Waals surface area contributed by atoms with Crippen molar-refractivity contribution in [1.29, 1.82) is 0 Å². The van der Waals surface area contributed by atoms with Gasteiger partial charge < -0.3 is 0 Å². The molecule has 16 heavy (non-hydrogen) atoms. The van der Waals surface area contributed by atoms with Crippen molar-refractivity contribution < 1.29 is 4.79 Å². The lowest BCUT2D eigenvalue weighted by Gasteiger charge is -1.99. The molecule has 0 aromatic carbocycles. The maximum absolute atomic E-state index is 11.9. The van der Waals surface area contributed by atoms with E-state index in [1.807, 2.05) is 18.4 Å². The van der Waals surface area contributed by atoms with E-state index in [0.29, 0.717) is 12.1 Å². The molecule has 0 amide bonds. The minimum atomic E-state index is -0.00403. The van der Waals surface area contributed by atoms with Crippen molar-refractivity contribution in [2.45, 2.75) is 13.3 Å². The van der Waals surface area contributed by atoms with Crippen LogP contribution < -0.4 is 0 Å². The number of aromatic nitrogens is 2. The van der Waals surface area contributed by atoms with Crippen LogP contribution in [0.4, 0.5) is 0 Å². The molecule has 3 nitrogen and oxygen atoms in total. The molecule has 0 unspecified atom stereocenters. The summed E-state index contributed by atoms with van der Waals surface area (Å²) in [6, 6.07) is 1.94. The van der Waals surface area contributed by atoms with Gasteiger partial charge in [0, 0.05) is 22.0 Å². The molecule has 0 radical (unpaired) electrons. The molecule has 0 saturated carbocycles. The van der Waals surface area contributed by atoms with Gasteiger partial charge in [-0.15, -0.1) is 11.3 Å². The highest BCUT2D eigenvalue weighted by atomic mass is 79.9. The molecule has 2 heterocycles. The molecule has 2 aromatic rings. The van der Waals surface area contributed by atoms with E-state index in [2.05, 4.69) is 25.9 Å². The molecule has 0 spiro atoms. The molecule has 0 atom stereocenters. The normalized spacial score (nSPS) is 10.4. The van der Waals surface area contributed by atoms with Gasteiger partial charge in [-0.05, 0) is 34.3 Å². The molecule has 5 heteroatoms. The SMILES string of the molecule is Cc1cnc(C(=O)Cc2sccc2Br)cn1. The van der Waals surface area contributed by atoms with Gasteiger partial charge in [-0.1, -0.05) is 0 Å². The Hall–Kier alpha value is -1.07. The van der Waals surface area contributed by atoms with Gasteiger partial charge in [0.05, 0.1) is 11.9 Å². The zero-order valence-corrected chi connectivity index (χ0v) is 11.0. The van der Waals surface area contributed by atoms with Crippen molar-refractivity contribution in [2.24, 2.45) is 0 Å². The lowest BCUT2D eigenvalue weighted by Crippen LogP contribution is -2.06. The highest BCUT2D eigenvalue weighted by Crippen LogP contribution is 2.23. The number of carbonyl (C=O) groups excluding carboxylic acids is 1. The summed E-state index contributed by atoms with van der Waals surface area (Å²) in [6.07, 6.45) is 3.51. The maximum atomic E-state index is 11.9. The van der Waals surface area contributed by atoms with Crippen LogP contribution in [0.2, 0.25) is 0 Å². The molecule has 0 saturated heterocycles. The van der Waals surface area contributed by atoms with Crippen LogP contribution in [-0.2, 0) is 6.42 Å². The van der Waals surface area contributed by atoms with Crippen LogP contribution >= 0.6 is 27.3 Å². The number of rotatable bonds is 3. The van der Waals surface area contributed by atoms with Crippen molar-refractivity contribution in [2.75, 3.05) is 0 Å². The van der Waals surface area contributed by atoms with Crippen molar-refractivity contribution >= 4 is 33.0 Å². The first kappa shape index (κ1) is 11.4. The zero-order valence-electron chi connectivity index (χ0n) is 8.61. The number of hydrogen-bond acceptors (Lipinski definition) is 4. The molecular weight excluding hydrogens is 288 g/mol. The minimum absolute atomic E-state index is 0.00403. The fraction of sp³-hybridized carbons (Fsp3) is 0.182. The van der Waals surface area contributed by atoms with Gasteiger partial charge in [-0.3, -0.25) is 9.78 Å². The molecule has 0 aliphatic carbocycles. The Kier molecular flexibility index (Phi) is 3.46. The molecule has 0 bridgehead atoms. The summed E-state index contributed by atoms with van der Waals surface area (Å²) in [4.78, 5) is 21.0. The van der Waals surface area contributed by atoms with Gasteiger partial charge in [-0.25, -0.2) is 4.98 Å². The van der Waals surface area contributed by atoms with E-state index in [1.165, 1.54) is 6.20 Å². The lowest BCUT2D eigenvalue weighted by molar-refractivity contribution is 0.0988. The first-order valence-electron chi connectivity index (χ1n) is 4.70. The van der Waals surface area contributed by atoms with Crippen molar-refractivity contribution in [3.63, 3.8) is 0 Å². The highest BCUT2D eigenvalue weighted by Gasteiger charge is 2.11. The fourth-order valence-electron chi connectivity index (χ4n) is 1.22. The van der Waals surface area contributed by atoms with Crippen molar-refractivity contribution in [3.8, 4) is 0 Å². The van der Waals surface area contributed by atoms with Crippen LogP contribution in [0.5, 0.6) is 0 Å². The third-order valence-electron chi connectivity index (χ3n) is 2.08. The molecule has 2 aromatic heterocycles. The standard InChI is InChI=1S/C11H9BrN2OS/c1-7-5-14-9(6-13-7)10(15)4-11-8(12)2-3-16-11/h2-3,5-6H,4H2,1H3. The van der Waals surface area contributed by atoms with E-state index in [4.69, 9.17) is 0 Å². The van der Waals surface area contributed by atoms with E-state index < -0.39 is 0 Å². The summed E-state index contributed by atoms with van der Waals surface area (Å²) >= 11 is 4.96. The molecule has 0 N–H and O–H groups in total. The Labute approximate surface area is 106 Å². The van der Waals surface area contributed by atoms with Gasteiger partial charge in [0.15, 0.2) is 5.78 Å². The monoisotopic (exact) mass is 296 g/mol. The number of carbonyl (C=O) groups is 1. The Morgan fingerprint density at radius 1 is 1.44 bits per heavy atom. The van der Waals surface area contributed by atoms with Crippen LogP contribution in [0.1, 0.15) is 21.1 Å². The highest BCUT2D eigenvalue weighted by molar-refractivity contribution is 9.10. The molecule has 0 aliphatic heterocycles. The number of thiophene rings is 1. The predicted octanol–water partition coefficient (Wildman–Crippen LogP) is 3.03. The van der Waals surface area contributed by atoms with Crippen molar-refractivity contribution in [1.82, 2.24) is 9.97 Å². The number of hydrogen-bond donors (Lipinski definition) is 0. The average molecular weight is 297 g/mol. The summed E-state index contributed by atoms with van der Waals surface area (Å²) in [7, 11) is 0. The summed E-state index contributed by atoms with van der Waals surface area (Å²) in [6.45, 7) is 1.84. The number of aryl methyl sites for hydroxylation is 1. The van der Waals surface area contributed by atoms with Gasteiger partial charge in [0.25, 0.3) is 0 Å². The smallest absolute Gasteiger partial charge is 0.187 e. The Balaban J connectivity index is 2.15. The zero-order chi connectivity index (χ0) is 11.5. The fourth-order valence-corrected chi connectivity index (χ4v) is 2.72. The third-order valence-corrected chi connectivity index (χ3v) is 4.01. The summed E-state index contributed by atoms with van der Waals surface area (Å²) < 4.78 is 0.978. The van der Waals surface area contributed by atoms with Crippen LogP contribution in [-0.4, -0.2) is 15.8 Å². The molecule has 0 fully saturated rings. The summed E-state index contributed by atoms with van der Waals surface area (Å²) in [5.41, 5.74) is 1.24. The second-order valence-corrected chi connectivity index (χ2v) is 5.19. The molecule has 0 aliphatic rings. The number of nitrogens with zero attached hydrogens (tertiary/aromatic N) is 2. The Morgan fingerprint density at radius 3 is 2.81 bits per heavy atom. The maximum Gasteiger partial charge on any atom is 0.187 e. The largest absolute Gasteiger partial charge is 0.292 e. The van der Waals surface area contributed by atoms with Gasteiger partial charge in [0.1, 0.15) is 5.69 Å². The van der Waals surface area contributed by atoms with Crippen molar-refractivity contribution in [3.05, 3.63) is 44.6 Å². The Bertz CT molecular complexity index is 507. The Morgan fingerprint density at radius 2 is 2.25 bits per heavy atom. The summed E-state index contributed by atoms with van der Waals surface area (Å²) in [5.74, 6) is -0.00403. The average Bonchev–Trinajstić information content (AvgIpc) is 2.65. The van der Waals surface area contributed by atoms with Crippen LogP contribution in [0.15, 0.2) is 28.3 Å². The summed E-state index contributed by atoms with van der Waals surface area (Å²) in [5, 5.41) is 1.95. The second kappa shape index (κ2) is 4.84. The van der Waals surface area contributed by atoms with E-state index in [-0.39, 0.29) is 5.78 Å². The first-order chi connectivity index (χ1) is 7.66. The van der Waals surface area contributed by atoms with Crippen LogP contribution in [0.3, 0.4) is 0 Å². The van der Waals surface area contributed by atoms with Crippen LogP contribution in [0.25, 0.3) is 0 Å². The molecular formula is C11H9BrN2OS. The minimum Gasteiger partial charge on any atom is -0.292 e. The third kappa shape index (κ3) is 2.54. The molecule has 82 valence electrons. The number of Topliss-reactive ketones (excluding diaryl/α,β-unsaturated/α-hetero) is 1. The lowest BCUT2D eigenvalue weighted by atomic mass is 10.2. The van der Waals surface area contributed by atoms with Gasteiger partial charge in [-0.2, -0.15) is 0 Å². The second-order valence-electron chi connectivity index (χ2n) is 3.33. The van der Waals surface area contributed by atoms with E-state index >= 15 is 0 Å². The topological polar surface area (TPSA) is 42.9 Å².